The third-order valence-electron chi connectivity index (χ3n) is 12.9. The Balaban J connectivity index is 1.52. The number of carboxylic acids is 1. The monoisotopic (exact) mass is 851 g/mol. The highest BCUT2D eigenvalue weighted by Gasteiger charge is 2.43. The van der Waals surface area contributed by atoms with Gasteiger partial charge in [-0.1, -0.05) is 40.5 Å². The summed E-state index contributed by atoms with van der Waals surface area (Å²) in [5.74, 6) is -7.83. The van der Waals surface area contributed by atoms with Crippen LogP contribution in [0.25, 0.3) is 5.57 Å². The van der Waals surface area contributed by atoms with Gasteiger partial charge in [0.25, 0.3) is 5.91 Å². The third kappa shape index (κ3) is 8.35. The third-order valence-corrected chi connectivity index (χ3v) is 13.2. The Kier molecular flexibility index (Phi) is 14.1. The van der Waals surface area contributed by atoms with Crippen molar-refractivity contribution in [1.82, 2.24) is 9.89 Å². The maximum atomic E-state index is 17.6. The van der Waals surface area contributed by atoms with E-state index in [-0.39, 0.29) is 36.8 Å². The minimum absolute atomic E-state index is 0.00195. The molecule has 2 heterocycles. The molecule has 60 heavy (non-hydrogen) atoms. The van der Waals surface area contributed by atoms with Gasteiger partial charge >= 0.3 is 0 Å². The van der Waals surface area contributed by atoms with Crippen LogP contribution < -0.4 is 30.5 Å². The van der Waals surface area contributed by atoms with E-state index >= 15 is 13.2 Å². The van der Waals surface area contributed by atoms with E-state index in [0.29, 0.717) is 36.3 Å². The molecule has 0 radical (unpaired) electrons. The number of hydrogen-bond acceptors (Lipinski definition) is 6. The lowest BCUT2D eigenvalue weighted by atomic mass is 9.64. The molecule has 3 aromatic rings. The average Bonchev–Trinajstić information content (AvgIpc) is 3.19. The Bertz CT molecular complexity index is 2290. The zero-order valence-corrected chi connectivity index (χ0v) is 37.3. The lowest BCUT2D eigenvalue weighted by Gasteiger charge is -2.48. The predicted octanol–water partition coefficient (Wildman–Crippen LogP) is 6.66. The van der Waals surface area contributed by atoms with Crippen molar-refractivity contribution in [3.63, 3.8) is 0 Å². The van der Waals surface area contributed by atoms with E-state index in [1.165, 1.54) is 0 Å². The van der Waals surface area contributed by atoms with Crippen LogP contribution in [0.1, 0.15) is 153 Å². The first kappa shape index (κ1) is 45.6. The number of anilines is 1. The number of nitrogens with one attached hydrogen (secondary N) is 1. The molecule has 0 saturated carbocycles. The molecule has 0 aromatic heterocycles. The second-order valence-corrected chi connectivity index (χ2v) is 18.1. The smallest absolute Gasteiger partial charge is 0.257 e. The molecule has 0 spiro atoms. The fraction of sp³-hybridized carbons (Fsp3) is 0.562. The topological polar surface area (TPSA) is 93.9 Å². The largest absolute Gasteiger partial charge is 0.545 e. The quantitative estimate of drug-likeness (QED) is 0.0708. The lowest BCUT2D eigenvalue weighted by Crippen LogP contribution is -2.49. The second kappa shape index (κ2) is 18.6. The number of alkyl halides is 1. The molecule has 0 fully saturated rings. The van der Waals surface area contributed by atoms with Crippen LogP contribution in [0.3, 0.4) is 0 Å². The second-order valence-electron chi connectivity index (χ2n) is 17.7. The first-order valence-electron chi connectivity index (χ1n) is 21.7. The van der Waals surface area contributed by atoms with E-state index < -0.39 is 51.4 Å². The number of rotatable bonds is 17. The van der Waals surface area contributed by atoms with Gasteiger partial charge in [-0.3, -0.25) is 4.79 Å². The predicted molar refractivity (Wildman–Crippen MR) is 230 cm³/mol. The zero-order valence-electron chi connectivity index (χ0n) is 36.6. The highest BCUT2D eigenvalue weighted by Crippen LogP contribution is 2.50. The number of amides is 1. The van der Waals surface area contributed by atoms with Crippen LogP contribution in [0.15, 0.2) is 18.2 Å². The summed E-state index contributed by atoms with van der Waals surface area (Å²) in [6, 6.07) is 6.09. The van der Waals surface area contributed by atoms with Gasteiger partial charge in [0, 0.05) is 76.5 Å². The van der Waals surface area contributed by atoms with Crippen LogP contribution in [0, 0.1) is 17.5 Å². The van der Waals surface area contributed by atoms with Crippen LogP contribution in [0.4, 0.5) is 18.9 Å². The number of hydrogen-bond donors (Lipinski definition) is 1. The summed E-state index contributed by atoms with van der Waals surface area (Å²) in [6.45, 7) is 17.6. The molecule has 3 aromatic carbocycles. The van der Waals surface area contributed by atoms with Crippen LogP contribution in [0.2, 0.25) is 0 Å². The van der Waals surface area contributed by atoms with Crippen LogP contribution >= 0.6 is 11.6 Å². The summed E-state index contributed by atoms with van der Waals surface area (Å²) >= 11 is 5.72. The maximum absolute atomic E-state index is 17.6. The molecular weight excluding hydrogens is 791 g/mol. The van der Waals surface area contributed by atoms with E-state index in [2.05, 4.69) is 69.4 Å². The van der Waals surface area contributed by atoms with Gasteiger partial charge in [0.15, 0.2) is 11.6 Å². The SMILES string of the molecule is CCc1cc2c(c3c1=[N+](C)CCC3)C(C)(C)c1cc3c(cc1C=2c1c(F)c(C(=O)NCCOCCOCCCCCCCl)c(F)c(F)c1C(=O)[O-])C(C)CC(C)(C)N3CC. The van der Waals surface area contributed by atoms with E-state index in [9.17, 15) is 14.7 Å². The van der Waals surface area contributed by atoms with Crippen LogP contribution in [-0.4, -0.2) is 76.4 Å². The van der Waals surface area contributed by atoms with E-state index in [1.807, 2.05) is 19.1 Å². The molecule has 0 bridgehead atoms. The average molecular weight is 852 g/mol. The number of benzene rings is 3. The lowest BCUT2D eigenvalue weighted by molar-refractivity contribution is -0.255. The Morgan fingerprint density at radius 3 is 2.30 bits per heavy atom. The van der Waals surface area contributed by atoms with Gasteiger partial charge in [-0.05, 0) is 104 Å². The molecule has 3 aliphatic rings. The molecule has 1 N–H and O–H groups in total. The highest BCUT2D eigenvalue weighted by atomic mass is 35.5. The van der Waals surface area contributed by atoms with Crippen molar-refractivity contribution >= 4 is 34.7 Å². The van der Waals surface area contributed by atoms with Crippen molar-refractivity contribution in [3.05, 3.63) is 96.3 Å². The number of ether oxygens (including phenoxy) is 2. The minimum atomic E-state index is -2.09. The minimum Gasteiger partial charge on any atom is -0.545 e. The van der Waals surface area contributed by atoms with Crippen LogP contribution in [-0.2, 0) is 27.7 Å². The summed E-state index contributed by atoms with van der Waals surface area (Å²) in [4.78, 5) is 29.1. The number of nitrogens with zero attached hydrogens (tertiary/aromatic N) is 2. The summed E-state index contributed by atoms with van der Waals surface area (Å²) in [6.07, 6.45) is 6.96. The number of fused-ring (bicyclic) bond motifs is 5. The number of halogens is 4. The van der Waals surface area contributed by atoms with Gasteiger partial charge in [0.1, 0.15) is 25.0 Å². The summed E-state index contributed by atoms with van der Waals surface area (Å²) in [5.41, 5.74) is 2.35. The van der Waals surface area contributed by atoms with Gasteiger partial charge in [0.2, 0.25) is 5.36 Å². The number of carboxylic acid groups (broad SMARTS) is 1. The Hall–Kier alpha value is -3.93. The van der Waals surface area contributed by atoms with Gasteiger partial charge < -0.3 is 29.6 Å². The molecule has 1 atom stereocenters. The standard InChI is InChI=1S/C48H61ClF3N3O5/c1-9-29-24-33-36(37-38(46(57)58)42(51)43(52)39(41(37)50)45(56)53-18-21-60-23-22-59-20-14-12-11-13-17-49)32-25-31-28(3)27-47(4,5)55(10-2)35(31)26-34(32)48(6,7)40(33)30-16-15-19-54(8)44(29)30/h24-26,28H,9-23,27H2,1-8H3,(H-,53,56,57,58). The Labute approximate surface area is 357 Å². The molecule has 0 saturated heterocycles. The van der Waals surface area contributed by atoms with Gasteiger partial charge in [-0.15, -0.1) is 11.6 Å². The molecule has 1 aliphatic carbocycles. The molecule has 6 rings (SSSR count). The molecule has 1 unspecified atom stereocenters. The molecule has 326 valence electrons. The highest BCUT2D eigenvalue weighted by molar-refractivity contribution is 6.17. The Morgan fingerprint density at radius 1 is 0.950 bits per heavy atom. The maximum Gasteiger partial charge on any atom is 0.257 e. The molecular formula is C48H61ClF3N3O5. The summed E-state index contributed by atoms with van der Waals surface area (Å²) in [7, 11) is 2.05. The van der Waals surface area contributed by atoms with Crippen molar-refractivity contribution < 1.29 is 37.3 Å². The van der Waals surface area contributed by atoms with E-state index in [1.54, 1.807) is 0 Å². The van der Waals surface area contributed by atoms with Crippen LogP contribution in [0.5, 0.6) is 0 Å². The van der Waals surface area contributed by atoms with E-state index in [4.69, 9.17) is 21.1 Å². The zero-order chi connectivity index (χ0) is 43.7. The van der Waals surface area contributed by atoms with Crippen molar-refractivity contribution in [2.45, 2.75) is 117 Å². The first-order valence-corrected chi connectivity index (χ1v) is 22.2. The van der Waals surface area contributed by atoms with Gasteiger partial charge in [-0.25, -0.2) is 17.7 Å². The molecule has 2 aliphatic heterocycles. The Morgan fingerprint density at radius 2 is 1.63 bits per heavy atom. The number of carbonyl (C=O) groups excluding carboxylic acids is 2. The van der Waals surface area contributed by atoms with Crippen molar-refractivity contribution in [2.24, 2.45) is 0 Å². The van der Waals surface area contributed by atoms with Crippen molar-refractivity contribution in [1.29, 1.82) is 0 Å². The number of carbonyl (C=O) groups is 2. The number of aryl methyl sites for hydroxylation is 1. The van der Waals surface area contributed by atoms with Crippen molar-refractivity contribution in [3.8, 4) is 0 Å². The van der Waals surface area contributed by atoms with Gasteiger partial charge in [-0.2, -0.15) is 0 Å². The summed E-state index contributed by atoms with van der Waals surface area (Å²) < 4.78 is 63.4. The normalized spacial score (nSPS) is 17.5. The first-order chi connectivity index (χ1) is 28.5. The number of unbranched alkanes of at least 4 members (excludes halogenated alkanes) is 3. The van der Waals surface area contributed by atoms with E-state index in [0.717, 1.165) is 96.9 Å². The summed E-state index contributed by atoms with van der Waals surface area (Å²) in [5, 5.41) is 17.1. The molecule has 12 heteroatoms. The molecule has 1 amide bonds. The van der Waals surface area contributed by atoms with Crippen molar-refractivity contribution in [2.75, 3.05) is 63.9 Å². The fourth-order valence-corrected chi connectivity index (χ4v) is 10.5. The fourth-order valence-electron chi connectivity index (χ4n) is 10.3. The molecule has 8 nitrogen and oxygen atoms in total. The number of aromatic carboxylic acids is 1. The van der Waals surface area contributed by atoms with Gasteiger partial charge in [0.05, 0.1) is 25.8 Å².